The van der Waals surface area contributed by atoms with Gasteiger partial charge in [-0.1, -0.05) is 24.3 Å². The quantitative estimate of drug-likeness (QED) is 0.872. The lowest BCUT2D eigenvalue weighted by Crippen LogP contribution is -2.27. The smallest absolute Gasteiger partial charge is 0.221 e. The van der Waals surface area contributed by atoms with Crippen LogP contribution in [0.3, 0.4) is 0 Å². The molecule has 20 heavy (non-hydrogen) atoms. The van der Waals surface area contributed by atoms with Gasteiger partial charge in [0.25, 0.3) is 0 Å². The highest BCUT2D eigenvalue weighted by Crippen LogP contribution is 2.22. The maximum atomic E-state index is 11.6. The number of nitrogens with zero attached hydrogens (tertiary/aromatic N) is 2. The molecule has 3 rings (SSSR count). The van der Waals surface area contributed by atoms with E-state index in [-0.39, 0.29) is 5.91 Å². The van der Waals surface area contributed by atoms with E-state index < -0.39 is 0 Å². The first-order valence-corrected chi connectivity index (χ1v) is 6.99. The average Bonchev–Trinajstić information content (AvgIpc) is 3.26. The number of nitrogens with one attached hydrogen (secondary N) is 2. The average molecular weight is 270 g/mol. The number of amides is 1. The van der Waals surface area contributed by atoms with Crippen LogP contribution in [-0.4, -0.2) is 28.7 Å². The van der Waals surface area contributed by atoms with Gasteiger partial charge in [-0.2, -0.15) is 5.10 Å². The van der Waals surface area contributed by atoms with E-state index in [0.29, 0.717) is 19.0 Å². The van der Waals surface area contributed by atoms with Crippen molar-refractivity contribution in [1.29, 1.82) is 0 Å². The van der Waals surface area contributed by atoms with Crippen LogP contribution in [0.1, 0.15) is 25.0 Å². The first-order valence-electron chi connectivity index (χ1n) is 6.99. The minimum absolute atomic E-state index is 0.101. The third-order valence-corrected chi connectivity index (χ3v) is 3.46. The third-order valence-electron chi connectivity index (χ3n) is 3.46. The van der Waals surface area contributed by atoms with E-state index in [0.717, 1.165) is 35.1 Å². The lowest BCUT2D eigenvalue weighted by Gasteiger charge is -2.09. The van der Waals surface area contributed by atoms with Crippen molar-refractivity contribution in [1.82, 2.24) is 15.5 Å². The SMILES string of the molecule is Cc1nnc(NCCC(=O)NC2CC2)c2ccccc12. The van der Waals surface area contributed by atoms with Gasteiger partial charge in [0, 0.05) is 29.8 Å². The largest absolute Gasteiger partial charge is 0.368 e. The Morgan fingerprint density at radius 2 is 2.00 bits per heavy atom. The maximum absolute atomic E-state index is 11.6. The number of benzene rings is 1. The van der Waals surface area contributed by atoms with Crippen LogP contribution in [0.5, 0.6) is 0 Å². The highest BCUT2D eigenvalue weighted by atomic mass is 16.1. The zero-order valence-electron chi connectivity index (χ0n) is 11.5. The molecule has 1 aliphatic carbocycles. The van der Waals surface area contributed by atoms with Crippen LogP contribution in [-0.2, 0) is 4.79 Å². The number of aromatic nitrogens is 2. The molecule has 0 aliphatic heterocycles. The van der Waals surface area contributed by atoms with Gasteiger partial charge < -0.3 is 10.6 Å². The summed E-state index contributed by atoms with van der Waals surface area (Å²) in [6, 6.07) is 8.44. The van der Waals surface area contributed by atoms with Crippen LogP contribution in [0.4, 0.5) is 5.82 Å². The fourth-order valence-electron chi connectivity index (χ4n) is 2.19. The topological polar surface area (TPSA) is 66.9 Å². The molecule has 1 amide bonds. The first kappa shape index (κ1) is 12.8. The molecule has 2 aromatic rings. The third kappa shape index (κ3) is 2.87. The number of carbonyl (C=O) groups is 1. The van der Waals surface area contributed by atoms with Gasteiger partial charge in [0.1, 0.15) is 0 Å². The molecule has 1 aliphatic rings. The number of rotatable bonds is 5. The lowest BCUT2D eigenvalue weighted by atomic mass is 10.1. The van der Waals surface area contributed by atoms with Gasteiger partial charge >= 0.3 is 0 Å². The molecule has 1 fully saturated rings. The summed E-state index contributed by atoms with van der Waals surface area (Å²) in [7, 11) is 0. The van der Waals surface area contributed by atoms with Crippen molar-refractivity contribution in [2.45, 2.75) is 32.2 Å². The minimum Gasteiger partial charge on any atom is -0.368 e. The zero-order valence-corrected chi connectivity index (χ0v) is 11.5. The van der Waals surface area contributed by atoms with Gasteiger partial charge in [-0.25, -0.2) is 0 Å². The van der Waals surface area contributed by atoms with Crippen LogP contribution < -0.4 is 10.6 Å². The van der Waals surface area contributed by atoms with E-state index in [4.69, 9.17) is 0 Å². The molecule has 1 saturated carbocycles. The normalized spacial score (nSPS) is 14.2. The second kappa shape index (κ2) is 5.45. The number of fused-ring (bicyclic) bond motifs is 1. The number of hydrogen-bond donors (Lipinski definition) is 2. The highest BCUT2D eigenvalue weighted by Gasteiger charge is 2.22. The minimum atomic E-state index is 0.101. The predicted molar refractivity (Wildman–Crippen MR) is 78.5 cm³/mol. The van der Waals surface area contributed by atoms with E-state index in [1.54, 1.807) is 0 Å². The Morgan fingerprint density at radius 3 is 2.75 bits per heavy atom. The molecule has 0 radical (unpaired) electrons. The van der Waals surface area contributed by atoms with E-state index in [1.165, 1.54) is 0 Å². The van der Waals surface area contributed by atoms with Crippen molar-refractivity contribution in [3.05, 3.63) is 30.0 Å². The number of anilines is 1. The van der Waals surface area contributed by atoms with Crippen LogP contribution in [0, 0.1) is 6.92 Å². The molecule has 1 aromatic carbocycles. The first-order chi connectivity index (χ1) is 9.74. The molecule has 104 valence electrons. The molecular formula is C15H18N4O. The van der Waals surface area contributed by atoms with Gasteiger partial charge in [-0.15, -0.1) is 5.10 Å². The predicted octanol–water partition coefficient (Wildman–Crippen LogP) is 2.02. The number of carbonyl (C=O) groups excluding carboxylic acids is 1. The lowest BCUT2D eigenvalue weighted by molar-refractivity contribution is -0.120. The Bertz CT molecular complexity index is 637. The second-order valence-electron chi connectivity index (χ2n) is 5.20. The van der Waals surface area contributed by atoms with Gasteiger partial charge in [0.15, 0.2) is 5.82 Å². The van der Waals surface area contributed by atoms with Crippen LogP contribution in [0.2, 0.25) is 0 Å². The molecule has 5 heteroatoms. The van der Waals surface area contributed by atoms with Crippen molar-refractivity contribution >= 4 is 22.5 Å². The van der Waals surface area contributed by atoms with E-state index in [1.807, 2.05) is 31.2 Å². The highest BCUT2D eigenvalue weighted by molar-refractivity contribution is 5.93. The molecule has 2 N–H and O–H groups in total. The Labute approximate surface area is 117 Å². The molecule has 1 aromatic heterocycles. The summed E-state index contributed by atoms with van der Waals surface area (Å²) in [6.45, 7) is 2.52. The van der Waals surface area contributed by atoms with Gasteiger partial charge in [-0.3, -0.25) is 4.79 Å². The summed E-state index contributed by atoms with van der Waals surface area (Å²) in [6.07, 6.45) is 2.70. The number of aryl methyl sites for hydroxylation is 1. The Hall–Kier alpha value is -2.17. The Balaban J connectivity index is 1.65. The van der Waals surface area contributed by atoms with Crippen LogP contribution >= 0.6 is 0 Å². The molecule has 0 bridgehead atoms. The summed E-state index contributed by atoms with van der Waals surface area (Å²) in [5.41, 5.74) is 0.914. The second-order valence-corrected chi connectivity index (χ2v) is 5.20. The summed E-state index contributed by atoms with van der Waals surface area (Å²) >= 11 is 0. The summed E-state index contributed by atoms with van der Waals surface area (Å²) in [4.78, 5) is 11.6. The van der Waals surface area contributed by atoms with Crippen LogP contribution in [0.25, 0.3) is 10.8 Å². The van der Waals surface area contributed by atoms with Crippen molar-refractivity contribution in [2.75, 3.05) is 11.9 Å². The van der Waals surface area contributed by atoms with Gasteiger partial charge in [0.05, 0.1) is 5.69 Å². The number of hydrogen-bond acceptors (Lipinski definition) is 4. The standard InChI is InChI=1S/C15H18N4O/c1-10-12-4-2-3-5-13(12)15(19-18-10)16-9-8-14(20)17-11-6-7-11/h2-5,11H,6-9H2,1H3,(H,16,19)(H,17,20). The molecule has 0 unspecified atom stereocenters. The fraction of sp³-hybridized carbons (Fsp3) is 0.400. The van der Waals surface area contributed by atoms with Gasteiger partial charge in [0.2, 0.25) is 5.91 Å². The van der Waals surface area contributed by atoms with E-state index in [9.17, 15) is 4.79 Å². The summed E-state index contributed by atoms with van der Waals surface area (Å²) in [5, 5.41) is 16.6. The van der Waals surface area contributed by atoms with Crippen molar-refractivity contribution in [3.8, 4) is 0 Å². The molecule has 5 nitrogen and oxygen atoms in total. The van der Waals surface area contributed by atoms with E-state index >= 15 is 0 Å². The van der Waals surface area contributed by atoms with Crippen molar-refractivity contribution < 1.29 is 4.79 Å². The van der Waals surface area contributed by atoms with Crippen molar-refractivity contribution in [2.24, 2.45) is 0 Å². The zero-order chi connectivity index (χ0) is 13.9. The molecule has 0 spiro atoms. The monoisotopic (exact) mass is 270 g/mol. The molecule has 0 saturated heterocycles. The molecular weight excluding hydrogens is 252 g/mol. The van der Waals surface area contributed by atoms with E-state index in [2.05, 4.69) is 20.8 Å². The maximum Gasteiger partial charge on any atom is 0.221 e. The van der Waals surface area contributed by atoms with Crippen molar-refractivity contribution in [3.63, 3.8) is 0 Å². The molecule has 0 atom stereocenters. The molecule has 1 heterocycles. The summed E-state index contributed by atoms with van der Waals surface area (Å²) < 4.78 is 0. The Kier molecular flexibility index (Phi) is 3.50. The fourth-order valence-corrected chi connectivity index (χ4v) is 2.19. The van der Waals surface area contributed by atoms with Crippen LogP contribution in [0.15, 0.2) is 24.3 Å². The Morgan fingerprint density at radius 1 is 1.25 bits per heavy atom. The summed E-state index contributed by atoms with van der Waals surface area (Å²) in [5.74, 6) is 0.842. The van der Waals surface area contributed by atoms with Gasteiger partial charge in [-0.05, 0) is 19.8 Å².